The van der Waals surface area contributed by atoms with E-state index in [0.29, 0.717) is 0 Å². The third-order valence-electron chi connectivity index (χ3n) is 1.14. The molecule has 2 nitrogen and oxygen atoms in total. The lowest BCUT2D eigenvalue weighted by Crippen LogP contribution is -2.29. The topological polar surface area (TPSA) is 18.5 Å². The second kappa shape index (κ2) is 2.07. The summed E-state index contributed by atoms with van der Waals surface area (Å²) in [6.45, 7) is 5.87. The van der Waals surface area contributed by atoms with Crippen molar-refractivity contribution in [1.82, 2.24) is 0 Å². The fourth-order valence-electron chi connectivity index (χ4n) is 0.781. The van der Waals surface area contributed by atoms with E-state index >= 15 is 0 Å². The standard InChI is InChI=1S/C6H10BO2/c1-5-4-6(2,3)9-7-8-5/h4H,1-3H3. The Morgan fingerprint density at radius 1 is 1.56 bits per heavy atom. The number of rotatable bonds is 0. The number of hydrogen-bond donors (Lipinski definition) is 0. The van der Waals surface area contributed by atoms with Crippen molar-refractivity contribution in [2.75, 3.05) is 0 Å². The highest BCUT2D eigenvalue weighted by atomic mass is 16.6. The van der Waals surface area contributed by atoms with E-state index in [1.807, 2.05) is 26.8 Å². The minimum absolute atomic E-state index is 0.192. The summed E-state index contributed by atoms with van der Waals surface area (Å²) in [5.74, 6) is 0.895. The average Bonchev–Trinajstić information content (AvgIpc) is 1.60. The second-order valence-electron chi connectivity index (χ2n) is 2.69. The summed E-state index contributed by atoms with van der Waals surface area (Å²) >= 11 is 0. The minimum Gasteiger partial charge on any atom is -0.541 e. The fraction of sp³-hybridized carbons (Fsp3) is 0.667. The van der Waals surface area contributed by atoms with Crippen LogP contribution < -0.4 is 0 Å². The van der Waals surface area contributed by atoms with E-state index in [4.69, 9.17) is 9.31 Å². The lowest BCUT2D eigenvalue weighted by Gasteiger charge is -2.26. The van der Waals surface area contributed by atoms with E-state index < -0.39 is 0 Å². The molecular formula is C6H10BO2. The Morgan fingerprint density at radius 3 is 2.56 bits per heavy atom. The average molecular weight is 125 g/mol. The molecule has 0 saturated heterocycles. The molecule has 0 atom stereocenters. The molecule has 0 fully saturated rings. The maximum absolute atomic E-state index is 5.11. The van der Waals surface area contributed by atoms with Crippen molar-refractivity contribution in [2.45, 2.75) is 26.4 Å². The van der Waals surface area contributed by atoms with Gasteiger partial charge < -0.3 is 9.31 Å². The van der Waals surface area contributed by atoms with Gasteiger partial charge in [0.25, 0.3) is 0 Å². The molecule has 0 unspecified atom stereocenters. The van der Waals surface area contributed by atoms with E-state index in [-0.39, 0.29) is 5.60 Å². The fourth-order valence-corrected chi connectivity index (χ4v) is 0.781. The Labute approximate surface area is 56.2 Å². The van der Waals surface area contributed by atoms with Crippen molar-refractivity contribution in [3.05, 3.63) is 11.8 Å². The maximum Gasteiger partial charge on any atom is 0.572 e. The molecule has 0 aliphatic carbocycles. The molecule has 1 rings (SSSR count). The zero-order chi connectivity index (χ0) is 6.91. The predicted molar refractivity (Wildman–Crippen MR) is 35.8 cm³/mol. The third kappa shape index (κ3) is 1.75. The molecule has 1 heterocycles. The Kier molecular flexibility index (Phi) is 1.53. The smallest absolute Gasteiger partial charge is 0.541 e. The number of allylic oxidation sites excluding steroid dienone is 1. The van der Waals surface area contributed by atoms with Gasteiger partial charge in [-0.1, -0.05) is 0 Å². The summed E-state index contributed by atoms with van der Waals surface area (Å²) in [6, 6.07) is 0. The highest BCUT2D eigenvalue weighted by molar-refractivity contribution is 6.19. The molecule has 1 radical (unpaired) electrons. The Hall–Kier alpha value is -0.435. The van der Waals surface area contributed by atoms with Crippen LogP contribution in [0.1, 0.15) is 20.8 Å². The SMILES string of the molecule is CC1=CC(C)(C)O[B]O1. The van der Waals surface area contributed by atoms with Gasteiger partial charge in [0.2, 0.25) is 0 Å². The van der Waals surface area contributed by atoms with Crippen LogP contribution in [-0.2, 0) is 9.31 Å². The monoisotopic (exact) mass is 125 g/mol. The van der Waals surface area contributed by atoms with E-state index in [1.54, 1.807) is 0 Å². The summed E-state index contributed by atoms with van der Waals surface area (Å²) < 4.78 is 10.0. The molecule has 0 bridgehead atoms. The van der Waals surface area contributed by atoms with Crippen LogP contribution in [0.15, 0.2) is 11.8 Å². The molecule has 0 spiro atoms. The Bertz CT molecular complexity index is 140. The van der Waals surface area contributed by atoms with Crippen LogP contribution in [0.2, 0.25) is 0 Å². The van der Waals surface area contributed by atoms with Gasteiger partial charge >= 0.3 is 7.69 Å². The summed E-state index contributed by atoms with van der Waals surface area (Å²) in [5.41, 5.74) is -0.192. The van der Waals surface area contributed by atoms with Gasteiger partial charge in [0.15, 0.2) is 0 Å². The molecule has 0 N–H and O–H groups in total. The molecule has 49 valence electrons. The summed E-state index contributed by atoms with van der Waals surface area (Å²) in [6.07, 6.45) is 1.94. The van der Waals surface area contributed by atoms with Gasteiger partial charge in [-0.3, -0.25) is 0 Å². The highest BCUT2D eigenvalue weighted by Crippen LogP contribution is 2.17. The summed E-state index contributed by atoms with van der Waals surface area (Å²) in [5, 5.41) is 0. The summed E-state index contributed by atoms with van der Waals surface area (Å²) in [4.78, 5) is 0. The van der Waals surface area contributed by atoms with Crippen molar-refractivity contribution < 1.29 is 9.31 Å². The normalized spacial score (nSPS) is 23.7. The first-order chi connectivity index (χ1) is 4.10. The van der Waals surface area contributed by atoms with Crippen LogP contribution in [-0.4, -0.2) is 13.3 Å². The van der Waals surface area contributed by atoms with Crippen molar-refractivity contribution >= 4 is 7.69 Å². The van der Waals surface area contributed by atoms with Crippen molar-refractivity contribution in [1.29, 1.82) is 0 Å². The van der Waals surface area contributed by atoms with Crippen molar-refractivity contribution in [3.8, 4) is 0 Å². The number of hydrogen-bond acceptors (Lipinski definition) is 2. The Balaban J connectivity index is 2.68. The largest absolute Gasteiger partial charge is 0.572 e. The molecule has 0 aromatic heterocycles. The molecule has 0 saturated carbocycles. The molecule has 0 aromatic rings. The second-order valence-corrected chi connectivity index (χ2v) is 2.69. The van der Waals surface area contributed by atoms with Gasteiger partial charge in [0.1, 0.15) is 0 Å². The third-order valence-corrected chi connectivity index (χ3v) is 1.14. The van der Waals surface area contributed by atoms with Crippen molar-refractivity contribution in [3.63, 3.8) is 0 Å². The minimum atomic E-state index is -0.192. The van der Waals surface area contributed by atoms with Crippen molar-refractivity contribution in [2.24, 2.45) is 0 Å². The van der Waals surface area contributed by atoms with Gasteiger partial charge in [0.05, 0.1) is 11.4 Å². The molecule has 1 aliphatic rings. The predicted octanol–water partition coefficient (Wildman–Crippen LogP) is 1.25. The molecule has 0 amide bonds. The van der Waals surface area contributed by atoms with Crippen LogP contribution in [0.3, 0.4) is 0 Å². The lowest BCUT2D eigenvalue weighted by atomic mass is 10.1. The zero-order valence-electron chi connectivity index (χ0n) is 5.97. The van der Waals surface area contributed by atoms with Gasteiger partial charge in [-0.15, -0.1) is 0 Å². The first kappa shape index (κ1) is 6.68. The van der Waals surface area contributed by atoms with Gasteiger partial charge in [-0.25, -0.2) is 0 Å². The van der Waals surface area contributed by atoms with Crippen LogP contribution in [0, 0.1) is 0 Å². The lowest BCUT2D eigenvalue weighted by molar-refractivity contribution is 0.113. The highest BCUT2D eigenvalue weighted by Gasteiger charge is 2.21. The molecule has 1 aliphatic heterocycles. The maximum atomic E-state index is 5.11. The van der Waals surface area contributed by atoms with Crippen LogP contribution in [0.25, 0.3) is 0 Å². The van der Waals surface area contributed by atoms with E-state index in [9.17, 15) is 0 Å². The van der Waals surface area contributed by atoms with Crippen LogP contribution in [0.4, 0.5) is 0 Å². The van der Waals surface area contributed by atoms with Gasteiger partial charge in [-0.05, 0) is 26.8 Å². The van der Waals surface area contributed by atoms with Gasteiger partial charge in [-0.2, -0.15) is 0 Å². The van der Waals surface area contributed by atoms with E-state index in [1.165, 1.54) is 7.69 Å². The van der Waals surface area contributed by atoms with Gasteiger partial charge in [0, 0.05) is 0 Å². The first-order valence-corrected chi connectivity index (χ1v) is 2.96. The zero-order valence-corrected chi connectivity index (χ0v) is 5.97. The Morgan fingerprint density at radius 2 is 2.22 bits per heavy atom. The van der Waals surface area contributed by atoms with E-state index in [2.05, 4.69) is 0 Å². The van der Waals surface area contributed by atoms with Crippen LogP contribution >= 0.6 is 0 Å². The van der Waals surface area contributed by atoms with Crippen LogP contribution in [0.5, 0.6) is 0 Å². The molecule has 9 heavy (non-hydrogen) atoms. The summed E-state index contributed by atoms with van der Waals surface area (Å²) in [7, 11) is 1.37. The van der Waals surface area contributed by atoms with E-state index in [0.717, 1.165) is 5.76 Å². The molecular weight excluding hydrogens is 115 g/mol. The molecule has 0 aromatic carbocycles. The molecule has 3 heteroatoms. The first-order valence-electron chi connectivity index (χ1n) is 2.96. The quantitative estimate of drug-likeness (QED) is 0.453.